The van der Waals surface area contributed by atoms with E-state index < -0.39 is 6.09 Å². The lowest BCUT2D eigenvalue weighted by atomic mass is 9.85. The summed E-state index contributed by atoms with van der Waals surface area (Å²) in [6.07, 6.45) is 0.295. The van der Waals surface area contributed by atoms with Gasteiger partial charge in [0.15, 0.2) is 0 Å². The Morgan fingerprint density at radius 3 is 2.93 bits per heavy atom. The average Bonchev–Trinajstić information content (AvgIpc) is 2.24. The highest BCUT2D eigenvalue weighted by Crippen LogP contribution is 2.00. The van der Waals surface area contributed by atoms with Crippen molar-refractivity contribution < 1.29 is 9.53 Å². The molecule has 0 fully saturated rings. The second kappa shape index (κ2) is 5.44. The van der Waals surface area contributed by atoms with Gasteiger partial charge in [-0.15, -0.1) is 0 Å². The van der Waals surface area contributed by atoms with Crippen molar-refractivity contribution in [1.29, 1.82) is 0 Å². The van der Waals surface area contributed by atoms with E-state index in [4.69, 9.17) is 7.85 Å². The summed E-state index contributed by atoms with van der Waals surface area (Å²) in [6, 6.07) is 5.88. The lowest BCUT2D eigenvalue weighted by Crippen LogP contribution is -2.27. The fourth-order valence-corrected chi connectivity index (χ4v) is 1.33. The van der Waals surface area contributed by atoms with Gasteiger partial charge in [-0.3, -0.25) is 0 Å². The average molecular weight is 203 g/mol. The Morgan fingerprint density at radius 2 is 2.27 bits per heavy atom. The first-order valence-electron chi connectivity index (χ1n) is 4.81. The molecule has 1 amide bonds. The molecule has 0 heterocycles. The summed E-state index contributed by atoms with van der Waals surface area (Å²) in [7, 11) is 7.23. The Bertz CT molecular complexity index is 352. The summed E-state index contributed by atoms with van der Waals surface area (Å²) >= 11 is 0. The summed E-state index contributed by atoms with van der Waals surface area (Å²) < 4.78 is 4.46. The molecular formula is C11H14BNO2. The number of hydrogen-bond donors (Lipinski definition) is 1. The molecule has 0 saturated heterocycles. The molecule has 0 aromatic heterocycles. The van der Waals surface area contributed by atoms with E-state index in [-0.39, 0.29) is 0 Å². The van der Waals surface area contributed by atoms with Crippen LogP contribution in [0, 0.1) is 6.92 Å². The van der Waals surface area contributed by atoms with Gasteiger partial charge in [-0.05, 0) is 13.3 Å². The molecule has 2 radical (unpaired) electrons. The molecule has 78 valence electrons. The van der Waals surface area contributed by atoms with Crippen molar-refractivity contribution in [2.45, 2.75) is 13.3 Å². The fraction of sp³-hybridized carbons (Fsp3) is 0.364. The van der Waals surface area contributed by atoms with Crippen LogP contribution in [0.5, 0.6) is 0 Å². The maximum atomic E-state index is 10.8. The van der Waals surface area contributed by atoms with Crippen LogP contribution in [0.4, 0.5) is 4.79 Å². The number of alkyl carbamates (subject to hydrolysis) is 1. The van der Waals surface area contributed by atoms with Gasteiger partial charge in [-0.2, -0.15) is 0 Å². The molecule has 0 spiro atoms. The molecule has 0 unspecified atom stereocenters. The van der Waals surface area contributed by atoms with Crippen LogP contribution >= 0.6 is 0 Å². The molecule has 0 aliphatic rings. The van der Waals surface area contributed by atoms with Crippen LogP contribution < -0.4 is 10.8 Å². The summed E-state index contributed by atoms with van der Waals surface area (Å²) in [4.78, 5) is 10.8. The van der Waals surface area contributed by atoms with Crippen LogP contribution in [0.25, 0.3) is 0 Å². The quantitative estimate of drug-likeness (QED) is 0.734. The number of benzene rings is 1. The van der Waals surface area contributed by atoms with E-state index in [1.54, 1.807) is 0 Å². The highest BCUT2D eigenvalue weighted by atomic mass is 16.5. The maximum absolute atomic E-state index is 10.8. The van der Waals surface area contributed by atoms with Crippen molar-refractivity contribution in [2.75, 3.05) is 13.7 Å². The Morgan fingerprint density at radius 1 is 1.53 bits per heavy atom. The van der Waals surface area contributed by atoms with Gasteiger partial charge in [-0.25, -0.2) is 4.79 Å². The molecule has 3 nitrogen and oxygen atoms in total. The topological polar surface area (TPSA) is 38.3 Å². The van der Waals surface area contributed by atoms with Crippen LogP contribution in [-0.2, 0) is 11.2 Å². The maximum Gasteiger partial charge on any atom is 0.406 e. The minimum atomic E-state index is -0.416. The van der Waals surface area contributed by atoms with Gasteiger partial charge in [0.25, 0.3) is 0 Å². The molecule has 1 aromatic carbocycles. The molecule has 15 heavy (non-hydrogen) atoms. The highest BCUT2D eigenvalue weighted by molar-refractivity contribution is 6.34. The van der Waals surface area contributed by atoms with Crippen molar-refractivity contribution in [3.63, 3.8) is 0 Å². The summed E-state index contributed by atoms with van der Waals surface area (Å²) in [5.41, 5.74) is 2.90. The SMILES string of the molecule is [B]c1c(C)cccc1CCNC(=O)OC. The third kappa shape index (κ3) is 3.31. The molecule has 1 rings (SSSR count). The standard InChI is InChI=1S/C11H14BNO2/c1-8-4-3-5-9(10(8)12)6-7-13-11(14)15-2/h3-5H,6-7H2,1-2H3,(H,13,14). The summed E-state index contributed by atoms with van der Waals surface area (Å²) in [6.45, 7) is 2.49. The van der Waals surface area contributed by atoms with Crippen molar-refractivity contribution in [2.24, 2.45) is 0 Å². The largest absolute Gasteiger partial charge is 0.453 e. The van der Waals surface area contributed by atoms with E-state index in [1.165, 1.54) is 7.11 Å². The number of carbonyl (C=O) groups excluding carboxylic acids is 1. The number of aryl methyl sites for hydroxylation is 1. The summed E-state index contributed by atoms with van der Waals surface area (Å²) in [5.74, 6) is 0. The van der Waals surface area contributed by atoms with Crippen molar-refractivity contribution in [3.05, 3.63) is 29.3 Å². The number of rotatable bonds is 3. The van der Waals surface area contributed by atoms with Gasteiger partial charge in [0, 0.05) is 6.54 Å². The number of ether oxygens (including phenoxy) is 1. The Balaban J connectivity index is 2.51. The van der Waals surface area contributed by atoms with Crippen LogP contribution in [0.15, 0.2) is 18.2 Å². The first-order chi connectivity index (χ1) is 7.15. The zero-order valence-electron chi connectivity index (χ0n) is 9.04. The number of amides is 1. The minimum absolute atomic E-state index is 0.416. The molecule has 4 heteroatoms. The summed E-state index contributed by atoms with van der Waals surface area (Å²) in [5, 5.41) is 2.61. The van der Waals surface area contributed by atoms with E-state index >= 15 is 0 Å². The first-order valence-corrected chi connectivity index (χ1v) is 4.81. The molecule has 0 atom stereocenters. The monoisotopic (exact) mass is 203 g/mol. The predicted octanol–water partition coefficient (Wildman–Crippen LogP) is 0.687. The number of nitrogens with one attached hydrogen (secondary N) is 1. The predicted molar refractivity (Wildman–Crippen MR) is 60.7 cm³/mol. The van der Waals surface area contributed by atoms with Gasteiger partial charge >= 0.3 is 6.09 Å². The minimum Gasteiger partial charge on any atom is -0.453 e. The van der Waals surface area contributed by atoms with Gasteiger partial charge in [-0.1, -0.05) is 34.8 Å². The number of methoxy groups -OCH3 is 1. The molecule has 0 bridgehead atoms. The molecule has 1 N–H and O–H groups in total. The Kier molecular flexibility index (Phi) is 4.22. The number of carbonyl (C=O) groups is 1. The van der Waals surface area contributed by atoms with E-state index in [9.17, 15) is 4.79 Å². The van der Waals surface area contributed by atoms with E-state index in [1.807, 2.05) is 25.1 Å². The van der Waals surface area contributed by atoms with E-state index in [2.05, 4.69) is 10.1 Å². The lowest BCUT2D eigenvalue weighted by molar-refractivity contribution is 0.171. The van der Waals surface area contributed by atoms with Crippen LogP contribution in [0.1, 0.15) is 11.1 Å². The van der Waals surface area contributed by atoms with Crippen molar-refractivity contribution in [3.8, 4) is 0 Å². The number of hydrogen-bond acceptors (Lipinski definition) is 2. The zero-order valence-corrected chi connectivity index (χ0v) is 9.04. The van der Waals surface area contributed by atoms with Gasteiger partial charge in [0.2, 0.25) is 0 Å². The molecule has 0 aliphatic heterocycles. The second-order valence-corrected chi connectivity index (χ2v) is 3.32. The molecule has 0 aliphatic carbocycles. The van der Waals surface area contributed by atoms with E-state index in [0.717, 1.165) is 16.6 Å². The molecular weight excluding hydrogens is 189 g/mol. The first kappa shape index (κ1) is 11.6. The highest BCUT2D eigenvalue weighted by Gasteiger charge is 2.01. The smallest absolute Gasteiger partial charge is 0.406 e. The van der Waals surface area contributed by atoms with E-state index in [0.29, 0.717) is 13.0 Å². The van der Waals surface area contributed by atoms with Crippen LogP contribution in [0.2, 0.25) is 0 Å². The molecule has 1 aromatic rings. The van der Waals surface area contributed by atoms with Crippen LogP contribution in [-0.4, -0.2) is 27.6 Å². The lowest BCUT2D eigenvalue weighted by Gasteiger charge is -2.09. The van der Waals surface area contributed by atoms with Crippen LogP contribution in [0.3, 0.4) is 0 Å². The van der Waals surface area contributed by atoms with Gasteiger partial charge in [0.05, 0.1) is 7.11 Å². The van der Waals surface area contributed by atoms with Crippen molar-refractivity contribution >= 4 is 19.4 Å². The third-order valence-corrected chi connectivity index (χ3v) is 2.26. The zero-order chi connectivity index (χ0) is 11.3. The van der Waals surface area contributed by atoms with Gasteiger partial charge in [0.1, 0.15) is 7.85 Å². The normalized spacial score (nSPS) is 9.73. The second-order valence-electron chi connectivity index (χ2n) is 3.32. The Hall–Kier alpha value is -1.45. The fourth-order valence-electron chi connectivity index (χ4n) is 1.33. The third-order valence-electron chi connectivity index (χ3n) is 2.26. The molecule has 0 saturated carbocycles. The van der Waals surface area contributed by atoms with Gasteiger partial charge < -0.3 is 10.1 Å². The van der Waals surface area contributed by atoms with Crippen molar-refractivity contribution in [1.82, 2.24) is 5.32 Å². The Labute approximate surface area is 91.2 Å².